The lowest BCUT2D eigenvalue weighted by Gasteiger charge is -2.20. The maximum Gasteiger partial charge on any atom is 0.240 e. The summed E-state index contributed by atoms with van der Waals surface area (Å²) in [5, 5.41) is 5.53. The second kappa shape index (κ2) is 10.8. The van der Waals surface area contributed by atoms with Crippen molar-refractivity contribution < 1.29 is 14.4 Å². The molecule has 2 aromatic rings. The molecule has 0 fully saturated rings. The number of nitrogens with one attached hydrogen (secondary N) is 2. The summed E-state index contributed by atoms with van der Waals surface area (Å²) in [5.74, 6) is -1.20. The summed E-state index contributed by atoms with van der Waals surface area (Å²) in [5.41, 5.74) is 8.61. The molecule has 0 saturated carbocycles. The summed E-state index contributed by atoms with van der Waals surface area (Å²) in [6.07, 6.45) is 0.331. The Labute approximate surface area is 184 Å². The molecule has 2 aromatic carbocycles. The zero-order valence-corrected chi connectivity index (χ0v) is 18.8. The van der Waals surface area contributed by atoms with Crippen LogP contribution in [0.25, 0.3) is 0 Å². The Morgan fingerprint density at radius 3 is 1.94 bits per heavy atom. The third-order valence-corrected chi connectivity index (χ3v) is 5.19. The second-order valence-electron chi connectivity index (χ2n) is 8.87. The summed E-state index contributed by atoms with van der Waals surface area (Å²) in [6, 6.07) is 16.6. The topological polar surface area (TPSA) is 101 Å². The zero-order chi connectivity index (χ0) is 23.0. The van der Waals surface area contributed by atoms with Crippen molar-refractivity contribution in [2.45, 2.75) is 64.5 Å². The molecular formula is C25H33N3O3. The van der Waals surface area contributed by atoms with Crippen LogP contribution < -0.4 is 16.4 Å². The minimum Gasteiger partial charge on any atom is -0.368 e. The predicted molar refractivity (Wildman–Crippen MR) is 122 cm³/mol. The van der Waals surface area contributed by atoms with Crippen molar-refractivity contribution in [2.24, 2.45) is 5.73 Å². The fourth-order valence-corrected chi connectivity index (χ4v) is 3.23. The van der Waals surface area contributed by atoms with Gasteiger partial charge in [-0.05, 0) is 29.0 Å². The van der Waals surface area contributed by atoms with E-state index < -0.39 is 11.9 Å². The van der Waals surface area contributed by atoms with E-state index in [2.05, 4.69) is 31.4 Å². The van der Waals surface area contributed by atoms with Crippen LogP contribution in [0.4, 0.5) is 0 Å². The van der Waals surface area contributed by atoms with Crippen molar-refractivity contribution in [1.82, 2.24) is 10.6 Å². The van der Waals surface area contributed by atoms with Gasteiger partial charge in [-0.3, -0.25) is 14.4 Å². The van der Waals surface area contributed by atoms with Gasteiger partial charge >= 0.3 is 0 Å². The molecule has 3 amide bonds. The Morgan fingerprint density at radius 1 is 0.871 bits per heavy atom. The monoisotopic (exact) mass is 423 g/mol. The van der Waals surface area contributed by atoms with Crippen LogP contribution >= 0.6 is 0 Å². The first-order valence-corrected chi connectivity index (χ1v) is 10.6. The van der Waals surface area contributed by atoms with Crippen molar-refractivity contribution in [3.63, 3.8) is 0 Å². The highest BCUT2D eigenvalue weighted by atomic mass is 16.2. The normalized spacial score (nSPS) is 13.2. The van der Waals surface area contributed by atoms with E-state index >= 15 is 0 Å². The highest BCUT2D eigenvalue weighted by molar-refractivity contribution is 5.88. The average molecular weight is 424 g/mol. The zero-order valence-electron chi connectivity index (χ0n) is 18.8. The summed E-state index contributed by atoms with van der Waals surface area (Å²) in [4.78, 5) is 36.3. The third-order valence-electron chi connectivity index (χ3n) is 5.19. The van der Waals surface area contributed by atoms with Crippen molar-refractivity contribution >= 4 is 17.7 Å². The molecule has 166 valence electrons. The van der Waals surface area contributed by atoms with Gasteiger partial charge in [-0.1, -0.05) is 75.4 Å². The molecule has 0 aromatic heterocycles. The highest BCUT2D eigenvalue weighted by Crippen LogP contribution is 2.22. The van der Waals surface area contributed by atoms with E-state index in [9.17, 15) is 14.4 Å². The molecule has 0 aliphatic carbocycles. The van der Waals surface area contributed by atoms with Gasteiger partial charge in [0.25, 0.3) is 0 Å². The summed E-state index contributed by atoms with van der Waals surface area (Å²) in [7, 11) is 0. The van der Waals surface area contributed by atoms with Crippen LogP contribution in [0.2, 0.25) is 0 Å². The third kappa shape index (κ3) is 7.89. The van der Waals surface area contributed by atoms with Crippen LogP contribution in [0.3, 0.4) is 0 Å². The fourth-order valence-electron chi connectivity index (χ4n) is 3.23. The fraction of sp³-hybridized carbons (Fsp3) is 0.400. The van der Waals surface area contributed by atoms with Crippen LogP contribution in [-0.4, -0.2) is 23.8 Å². The highest BCUT2D eigenvalue weighted by Gasteiger charge is 2.20. The Kier molecular flexibility index (Phi) is 8.37. The van der Waals surface area contributed by atoms with E-state index in [1.54, 1.807) is 0 Å². The first-order valence-electron chi connectivity index (χ1n) is 10.6. The van der Waals surface area contributed by atoms with E-state index in [4.69, 9.17) is 5.73 Å². The van der Waals surface area contributed by atoms with Gasteiger partial charge in [-0.2, -0.15) is 0 Å². The molecule has 2 atom stereocenters. The van der Waals surface area contributed by atoms with Gasteiger partial charge in [0, 0.05) is 19.3 Å². The van der Waals surface area contributed by atoms with Gasteiger partial charge < -0.3 is 16.4 Å². The smallest absolute Gasteiger partial charge is 0.240 e. The number of nitrogens with two attached hydrogens (primary N) is 1. The molecule has 0 radical (unpaired) electrons. The van der Waals surface area contributed by atoms with E-state index in [0.717, 1.165) is 11.1 Å². The van der Waals surface area contributed by atoms with Gasteiger partial charge in [-0.15, -0.1) is 0 Å². The number of amides is 3. The van der Waals surface area contributed by atoms with Crippen LogP contribution in [0.5, 0.6) is 0 Å². The molecule has 0 aliphatic heterocycles. The van der Waals surface area contributed by atoms with Crippen molar-refractivity contribution in [2.75, 3.05) is 0 Å². The maximum atomic E-state index is 12.3. The lowest BCUT2D eigenvalue weighted by Crippen LogP contribution is -2.46. The molecule has 0 bridgehead atoms. The van der Waals surface area contributed by atoms with Crippen molar-refractivity contribution in [3.05, 3.63) is 71.3 Å². The maximum absolute atomic E-state index is 12.3. The number of primary amides is 1. The minimum atomic E-state index is -0.820. The van der Waals surface area contributed by atoms with Crippen LogP contribution in [0.15, 0.2) is 54.6 Å². The van der Waals surface area contributed by atoms with E-state index in [1.807, 2.05) is 61.5 Å². The molecule has 2 rings (SSSR count). The largest absolute Gasteiger partial charge is 0.368 e. The van der Waals surface area contributed by atoms with Crippen molar-refractivity contribution in [1.29, 1.82) is 0 Å². The number of rotatable bonds is 9. The quantitative estimate of drug-likeness (QED) is 0.577. The number of carbonyl (C=O) groups is 3. The molecule has 0 unspecified atom stereocenters. The van der Waals surface area contributed by atoms with Gasteiger partial charge in [0.05, 0.1) is 6.04 Å². The lowest BCUT2D eigenvalue weighted by atomic mass is 9.86. The molecular weight excluding hydrogens is 390 g/mol. The number of hydrogen-bond donors (Lipinski definition) is 3. The summed E-state index contributed by atoms with van der Waals surface area (Å²) in [6.45, 7) is 8.28. The van der Waals surface area contributed by atoms with Gasteiger partial charge in [0.2, 0.25) is 17.7 Å². The van der Waals surface area contributed by atoms with Crippen LogP contribution in [0, 0.1) is 0 Å². The number of hydrogen-bond acceptors (Lipinski definition) is 3. The Bertz CT molecular complexity index is 886. The molecule has 6 nitrogen and oxygen atoms in total. The molecule has 6 heteroatoms. The SMILES string of the molecule is C[C@@H](NC(=O)CCC(=O)N[C@@H](Cc1ccc(C(C)(C)C)cc1)C(N)=O)c1ccccc1. The standard InChI is InChI=1S/C25H33N3O3/c1-17(19-8-6-5-7-9-19)27-22(29)14-15-23(30)28-21(24(26)31)16-18-10-12-20(13-11-18)25(2,3)4/h5-13,17,21H,14-16H2,1-4H3,(H2,26,31)(H,27,29)(H,28,30)/t17-,21+/m1/s1. The molecule has 0 spiro atoms. The molecule has 0 aliphatic rings. The Hall–Kier alpha value is -3.15. The van der Waals surface area contributed by atoms with E-state index in [-0.39, 0.29) is 36.1 Å². The van der Waals surface area contributed by atoms with Gasteiger partial charge in [0.1, 0.15) is 6.04 Å². The lowest BCUT2D eigenvalue weighted by molar-refractivity contribution is -0.129. The van der Waals surface area contributed by atoms with E-state index in [1.165, 1.54) is 5.56 Å². The average Bonchev–Trinajstić information content (AvgIpc) is 2.72. The van der Waals surface area contributed by atoms with Gasteiger partial charge in [0.15, 0.2) is 0 Å². The number of carbonyl (C=O) groups excluding carboxylic acids is 3. The Balaban J connectivity index is 1.85. The van der Waals surface area contributed by atoms with Crippen molar-refractivity contribution in [3.8, 4) is 0 Å². The molecule has 0 saturated heterocycles. The first kappa shape index (κ1) is 24.1. The summed E-state index contributed by atoms with van der Waals surface area (Å²) < 4.78 is 0. The Morgan fingerprint density at radius 2 is 1.42 bits per heavy atom. The molecule has 0 heterocycles. The van der Waals surface area contributed by atoms with Crippen LogP contribution in [0.1, 0.15) is 63.3 Å². The summed E-state index contributed by atoms with van der Waals surface area (Å²) >= 11 is 0. The first-order chi connectivity index (χ1) is 14.6. The predicted octanol–water partition coefficient (Wildman–Crippen LogP) is 3.15. The molecule has 31 heavy (non-hydrogen) atoms. The number of benzene rings is 2. The second-order valence-corrected chi connectivity index (χ2v) is 8.87. The minimum absolute atomic E-state index is 0.0138. The van der Waals surface area contributed by atoms with E-state index in [0.29, 0.717) is 6.42 Å². The molecule has 4 N–H and O–H groups in total. The van der Waals surface area contributed by atoms with Gasteiger partial charge in [-0.25, -0.2) is 0 Å². The van der Waals surface area contributed by atoms with Crippen LogP contribution in [-0.2, 0) is 26.2 Å².